The number of hydrogen-bond donors (Lipinski definition) is 4. The number of carbonyl (C=O) groups excluding carboxylic acids is 1. The largest absolute Gasteiger partial charge is 0.394 e. The molecule has 29 heavy (non-hydrogen) atoms. The average Bonchev–Trinajstić information content (AvgIpc) is 2.68. The van der Waals surface area contributed by atoms with Crippen molar-refractivity contribution in [1.29, 1.82) is 10.8 Å². The predicted molar refractivity (Wildman–Crippen MR) is 119 cm³/mol. The first-order valence-corrected chi connectivity index (χ1v) is 9.68. The number of anilines is 1. The Bertz CT molecular complexity index is 908. The summed E-state index contributed by atoms with van der Waals surface area (Å²) in [6, 6.07) is 12.5. The van der Waals surface area contributed by atoms with Crippen LogP contribution in [0.4, 0.5) is 5.69 Å². The monoisotopic (exact) mass is 414 g/mol. The van der Waals surface area contributed by atoms with Crippen LogP contribution in [-0.4, -0.2) is 35.3 Å². The maximum atomic E-state index is 12.9. The summed E-state index contributed by atoms with van der Waals surface area (Å²) in [5, 5.41) is 29.0. The summed E-state index contributed by atoms with van der Waals surface area (Å²) in [5.74, 6) is -0.196. The lowest BCUT2D eigenvalue weighted by Crippen LogP contribution is -2.46. The molecule has 0 aromatic heterocycles. The van der Waals surface area contributed by atoms with Crippen LogP contribution in [-0.2, 0) is 0 Å². The van der Waals surface area contributed by atoms with Gasteiger partial charge >= 0.3 is 0 Å². The molecule has 1 amide bonds. The van der Waals surface area contributed by atoms with Crippen molar-refractivity contribution in [3.63, 3.8) is 0 Å². The fourth-order valence-electron chi connectivity index (χ4n) is 2.67. The molecule has 2 aromatic rings. The highest BCUT2D eigenvalue weighted by Crippen LogP contribution is 2.29. The van der Waals surface area contributed by atoms with Gasteiger partial charge in [-0.2, -0.15) is 0 Å². The predicted octanol–water partition coefficient (Wildman–Crippen LogP) is 4.55. The minimum atomic E-state index is -0.778. The van der Waals surface area contributed by atoms with Crippen LogP contribution in [0, 0.1) is 16.7 Å². The van der Waals surface area contributed by atoms with E-state index in [-0.39, 0.29) is 24.3 Å². The van der Waals surface area contributed by atoms with Gasteiger partial charge in [-0.25, -0.2) is 0 Å². The number of nitrogens with one attached hydrogen (secondary N) is 3. The molecule has 2 aromatic carbocycles. The van der Waals surface area contributed by atoms with Gasteiger partial charge in [-0.1, -0.05) is 37.6 Å². The summed E-state index contributed by atoms with van der Waals surface area (Å²) < 4.78 is 0. The number of halogens is 1. The summed E-state index contributed by atoms with van der Waals surface area (Å²) in [5.41, 5.74) is 1.75. The summed E-state index contributed by atoms with van der Waals surface area (Å²) in [4.78, 5) is 14.3. The molecule has 6 nitrogen and oxygen atoms in total. The van der Waals surface area contributed by atoms with Crippen molar-refractivity contribution in [3.8, 4) is 11.1 Å². The first-order valence-electron chi connectivity index (χ1n) is 9.30. The van der Waals surface area contributed by atoms with Crippen molar-refractivity contribution in [3.05, 3.63) is 53.1 Å². The van der Waals surface area contributed by atoms with Gasteiger partial charge in [0.05, 0.1) is 18.5 Å². The van der Waals surface area contributed by atoms with Crippen molar-refractivity contribution >= 4 is 35.4 Å². The van der Waals surface area contributed by atoms with Gasteiger partial charge in [0.15, 0.2) is 0 Å². The Morgan fingerprint density at radius 1 is 1.21 bits per heavy atom. The molecule has 4 N–H and O–H groups in total. The molecule has 0 saturated heterocycles. The zero-order valence-corrected chi connectivity index (χ0v) is 17.8. The minimum Gasteiger partial charge on any atom is -0.394 e. The molecule has 2 rings (SSSR count). The number of aliphatic hydroxyl groups is 1. The smallest absolute Gasteiger partial charge is 0.251 e. The van der Waals surface area contributed by atoms with E-state index < -0.39 is 5.54 Å². The Morgan fingerprint density at radius 3 is 2.34 bits per heavy atom. The fraction of sp³-hybridized carbons (Fsp3) is 0.318. The van der Waals surface area contributed by atoms with Gasteiger partial charge < -0.3 is 10.4 Å². The molecular weight excluding hydrogens is 388 g/mol. The van der Waals surface area contributed by atoms with E-state index in [0.29, 0.717) is 16.3 Å². The standard InChI is InChI=1S/C22H27ClN4O2/c1-14(2)20(25)27(13-24)19-10-16(15-5-7-18(23)8-6-15)9-17(11-19)21(29)26-22(3,4)12-28/h5-11,13-14,24-25,28H,12H2,1-4H3,(H,26,29). The number of rotatable bonds is 7. The molecule has 154 valence electrons. The van der Waals surface area contributed by atoms with E-state index in [1.54, 1.807) is 38.1 Å². The van der Waals surface area contributed by atoms with E-state index >= 15 is 0 Å². The Kier molecular flexibility index (Phi) is 7.16. The Hall–Kier alpha value is -2.70. The molecule has 0 unspecified atom stereocenters. The van der Waals surface area contributed by atoms with E-state index in [2.05, 4.69) is 5.32 Å². The van der Waals surface area contributed by atoms with E-state index in [4.69, 9.17) is 22.4 Å². The molecule has 0 atom stereocenters. The molecule has 0 aliphatic heterocycles. The second-order valence-corrected chi connectivity index (χ2v) is 8.25. The molecule has 0 heterocycles. The van der Waals surface area contributed by atoms with E-state index in [9.17, 15) is 9.90 Å². The number of nitrogens with zero attached hydrogens (tertiary/aromatic N) is 1. The van der Waals surface area contributed by atoms with Crippen LogP contribution in [0.25, 0.3) is 11.1 Å². The van der Waals surface area contributed by atoms with E-state index in [1.165, 1.54) is 4.90 Å². The Morgan fingerprint density at radius 2 is 1.83 bits per heavy atom. The van der Waals surface area contributed by atoms with Crippen molar-refractivity contribution < 1.29 is 9.90 Å². The molecule has 0 radical (unpaired) electrons. The highest BCUT2D eigenvalue weighted by molar-refractivity contribution is 6.30. The van der Waals surface area contributed by atoms with Gasteiger partial charge in [0.1, 0.15) is 5.84 Å². The zero-order valence-electron chi connectivity index (χ0n) is 17.1. The number of amidine groups is 1. The molecule has 0 aliphatic carbocycles. The van der Waals surface area contributed by atoms with E-state index in [1.807, 2.05) is 32.0 Å². The highest BCUT2D eigenvalue weighted by Gasteiger charge is 2.22. The van der Waals surface area contributed by atoms with Gasteiger partial charge in [-0.05, 0) is 55.3 Å². The quantitative estimate of drug-likeness (QED) is 0.394. The second-order valence-electron chi connectivity index (χ2n) is 7.81. The lowest BCUT2D eigenvalue weighted by atomic mass is 9.99. The topological polar surface area (TPSA) is 100 Å². The maximum absolute atomic E-state index is 12.9. The SMILES string of the molecule is CC(C)C(=N)N(C=N)c1cc(C(=O)NC(C)(C)CO)cc(-c2ccc(Cl)cc2)c1. The van der Waals surface area contributed by atoms with Gasteiger partial charge in [0.25, 0.3) is 5.91 Å². The van der Waals surface area contributed by atoms with Crippen molar-refractivity contribution in [2.75, 3.05) is 11.5 Å². The van der Waals surface area contributed by atoms with Crippen LogP contribution in [0.1, 0.15) is 38.1 Å². The number of carbonyl (C=O) groups is 1. The van der Waals surface area contributed by atoms with Crippen molar-refractivity contribution in [2.45, 2.75) is 33.2 Å². The van der Waals surface area contributed by atoms with Crippen LogP contribution in [0.15, 0.2) is 42.5 Å². The number of benzene rings is 2. The molecule has 0 spiro atoms. The van der Waals surface area contributed by atoms with Crippen LogP contribution < -0.4 is 10.2 Å². The summed E-state index contributed by atoms with van der Waals surface area (Å²) in [7, 11) is 0. The third kappa shape index (κ3) is 5.65. The second kappa shape index (κ2) is 9.20. The first kappa shape index (κ1) is 22.6. The normalized spacial score (nSPS) is 11.3. The van der Waals surface area contributed by atoms with Crippen LogP contribution in [0.2, 0.25) is 5.02 Å². The third-order valence-corrected chi connectivity index (χ3v) is 4.67. The number of aliphatic hydroxyl groups excluding tert-OH is 1. The van der Waals surface area contributed by atoms with Crippen molar-refractivity contribution in [1.82, 2.24) is 5.32 Å². The molecule has 7 heteroatoms. The first-order chi connectivity index (χ1) is 13.6. The van der Waals surface area contributed by atoms with Gasteiger partial charge in [0.2, 0.25) is 0 Å². The molecular formula is C22H27ClN4O2. The van der Waals surface area contributed by atoms with Crippen LogP contribution >= 0.6 is 11.6 Å². The van der Waals surface area contributed by atoms with Crippen molar-refractivity contribution in [2.24, 2.45) is 5.92 Å². The lowest BCUT2D eigenvalue weighted by molar-refractivity contribution is 0.0869. The minimum absolute atomic E-state index is 0.0959. The summed E-state index contributed by atoms with van der Waals surface area (Å²) in [6.07, 6.45) is 1.07. The summed E-state index contributed by atoms with van der Waals surface area (Å²) >= 11 is 6.00. The molecule has 0 fully saturated rings. The maximum Gasteiger partial charge on any atom is 0.251 e. The Labute approximate surface area is 176 Å². The van der Waals surface area contributed by atoms with E-state index in [0.717, 1.165) is 17.5 Å². The number of hydrogen-bond acceptors (Lipinski definition) is 4. The lowest BCUT2D eigenvalue weighted by Gasteiger charge is -2.26. The van der Waals surface area contributed by atoms with Gasteiger partial charge in [-0.15, -0.1) is 0 Å². The molecule has 0 bridgehead atoms. The molecule has 0 aliphatic rings. The Balaban J connectivity index is 2.59. The van der Waals surface area contributed by atoms with Gasteiger partial charge in [-0.3, -0.25) is 20.5 Å². The van der Waals surface area contributed by atoms with Crippen LogP contribution in [0.3, 0.4) is 0 Å². The zero-order chi connectivity index (χ0) is 21.8. The highest BCUT2D eigenvalue weighted by atomic mass is 35.5. The number of amides is 1. The van der Waals surface area contributed by atoms with Gasteiger partial charge in [0, 0.05) is 22.2 Å². The third-order valence-electron chi connectivity index (χ3n) is 4.42. The molecule has 0 saturated carbocycles. The average molecular weight is 415 g/mol. The fourth-order valence-corrected chi connectivity index (χ4v) is 2.80. The van der Waals surface area contributed by atoms with Crippen LogP contribution in [0.5, 0.6) is 0 Å². The summed E-state index contributed by atoms with van der Waals surface area (Å²) in [6.45, 7) is 7.01.